The van der Waals surface area contributed by atoms with Crippen molar-refractivity contribution in [1.29, 1.82) is 0 Å². The second-order valence-electron chi connectivity index (χ2n) is 8.97. The van der Waals surface area contributed by atoms with Crippen LogP contribution in [-0.4, -0.2) is 41.0 Å². The highest BCUT2D eigenvalue weighted by Crippen LogP contribution is 2.36. The SMILES string of the molecule is C.CC.CC(CC1CCC(C)N1C1CCCCC1)N(C)c1ccccc1[N+](=O)[O-].CCC. The van der Waals surface area contributed by atoms with Crippen molar-refractivity contribution in [2.45, 2.75) is 131 Å². The van der Waals surface area contributed by atoms with E-state index in [0.29, 0.717) is 12.1 Å². The number of hydrogen-bond acceptors (Lipinski definition) is 4. The quantitative estimate of drug-likeness (QED) is 0.325. The molecule has 0 radical (unpaired) electrons. The van der Waals surface area contributed by atoms with Crippen LogP contribution in [0.2, 0.25) is 0 Å². The normalized spacial score (nSPS) is 21.8. The molecule has 0 bridgehead atoms. The van der Waals surface area contributed by atoms with Crippen LogP contribution in [0.25, 0.3) is 0 Å². The number of likely N-dealkylation sites (tertiary alicyclic amines) is 1. The van der Waals surface area contributed by atoms with Gasteiger partial charge in [-0.05, 0) is 52.0 Å². The standard InChI is InChI=1S/C21H33N3O2.C3H8.C2H6.CH4/c1-16-13-14-19(23(16)18-9-5-4-6-10-18)15-17(2)22(3)20-11-7-8-12-21(20)24(25)26;1-3-2;1-2;/h7-8,11-12,16-19H,4-6,9-10,13-15H2,1-3H3;3H2,1-2H3;1-2H3;1H4. The Labute approximate surface area is 198 Å². The molecule has 186 valence electrons. The van der Waals surface area contributed by atoms with Gasteiger partial charge in [0, 0.05) is 37.3 Å². The zero-order chi connectivity index (χ0) is 23.4. The first-order valence-electron chi connectivity index (χ1n) is 12.6. The van der Waals surface area contributed by atoms with Gasteiger partial charge in [-0.3, -0.25) is 15.0 Å². The summed E-state index contributed by atoms with van der Waals surface area (Å²) in [6, 6.07) is 9.39. The van der Waals surface area contributed by atoms with Crippen molar-refractivity contribution < 1.29 is 4.92 Å². The topological polar surface area (TPSA) is 49.6 Å². The van der Waals surface area contributed by atoms with Gasteiger partial charge in [-0.1, -0.05) is 72.9 Å². The van der Waals surface area contributed by atoms with Gasteiger partial charge in [0.2, 0.25) is 0 Å². The zero-order valence-corrected chi connectivity index (χ0v) is 21.1. The van der Waals surface area contributed by atoms with Gasteiger partial charge in [-0.2, -0.15) is 0 Å². The van der Waals surface area contributed by atoms with E-state index in [-0.39, 0.29) is 24.1 Å². The Kier molecular flexibility index (Phi) is 15.3. The molecule has 1 aliphatic carbocycles. The van der Waals surface area contributed by atoms with Crippen molar-refractivity contribution in [2.75, 3.05) is 11.9 Å². The summed E-state index contributed by atoms with van der Waals surface area (Å²) in [5.74, 6) is 0. The van der Waals surface area contributed by atoms with E-state index in [0.717, 1.165) is 18.2 Å². The van der Waals surface area contributed by atoms with E-state index < -0.39 is 0 Å². The van der Waals surface area contributed by atoms with Gasteiger partial charge in [0.1, 0.15) is 5.69 Å². The van der Waals surface area contributed by atoms with Crippen LogP contribution in [0.4, 0.5) is 11.4 Å². The molecule has 1 aromatic carbocycles. The molecule has 5 nitrogen and oxygen atoms in total. The van der Waals surface area contributed by atoms with Crippen LogP contribution in [0.5, 0.6) is 0 Å². The number of nitro benzene ring substituents is 1. The molecular formula is C27H51N3O2. The summed E-state index contributed by atoms with van der Waals surface area (Å²) >= 11 is 0. The van der Waals surface area contributed by atoms with Gasteiger partial charge >= 0.3 is 0 Å². The van der Waals surface area contributed by atoms with E-state index >= 15 is 0 Å². The van der Waals surface area contributed by atoms with E-state index in [1.54, 1.807) is 12.1 Å². The molecule has 1 aliphatic heterocycles. The molecule has 1 heterocycles. The van der Waals surface area contributed by atoms with Crippen LogP contribution >= 0.6 is 0 Å². The Balaban J connectivity index is 0.00000148. The van der Waals surface area contributed by atoms with Crippen LogP contribution in [0, 0.1) is 10.1 Å². The number of hydrogen-bond donors (Lipinski definition) is 0. The maximum atomic E-state index is 11.4. The fourth-order valence-corrected chi connectivity index (χ4v) is 5.07. The molecule has 1 aromatic rings. The summed E-state index contributed by atoms with van der Waals surface area (Å²) in [5, 5.41) is 11.4. The molecule has 0 amide bonds. The van der Waals surface area contributed by atoms with Gasteiger partial charge in [-0.25, -0.2) is 0 Å². The molecule has 1 saturated heterocycles. The van der Waals surface area contributed by atoms with Crippen LogP contribution in [0.1, 0.15) is 107 Å². The van der Waals surface area contributed by atoms with Crippen LogP contribution in [0.15, 0.2) is 24.3 Å². The summed E-state index contributed by atoms with van der Waals surface area (Å²) in [6.45, 7) is 12.8. The number of rotatable bonds is 6. The molecule has 2 aliphatic rings. The summed E-state index contributed by atoms with van der Waals surface area (Å²) in [4.78, 5) is 16.0. The van der Waals surface area contributed by atoms with Crippen molar-refractivity contribution in [3.05, 3.63) is 34.4 Å². The largest absolute Gasteiger partial charge is 0.366 e. The minimum absolute atomic E-state index is 0. The minimum atomic E-state index is -0.273. The number of anilines is 1. The summed E-state index contributed by atoms with van der Waals surface area (Å²) < 4.78 is 0. The van der Waals surface area contributed by atoms with Crippen LogP contribution < -0.4 is 4.90 Å². The molecule has 3 rings (SSSR count). The molecular weight excluding hydrogens is 398 g/mol. The second-order valence-corrected chi connectivity index (χ2v) is 8.97. The van der Waals surface area contributed by atoms with E-state index in [1.807, 2.05) is 33.0 Å². The molecule has 2 fully saturated rings. The maximum Gasteiger partial charge on any atom is 0.292 e. The van der Waals surface area contributed by atoms with Gasteiger partial charge < -0.3 is 4.90 Å². The molecule has 0 N–H and O–H groups in total. The molecule has 0 spiro atoms. The first-order chi connectivity index (χ1) is 14.9. The van der Waals surface area contributed by atoms with E-state index in [4.69, 9.17) is 0 Å². The van der Waals surface area contributed by atoms with E-state index in [9.17, 15) is 10.1 Å². The number of para-hydroxylation sites is 2. The lowest BCUT2D eigenvalue weighted by Gasteiger charge is -2.40. The van der Waals surface area contributed by atoms with Crippen molar-refractivity contribution >= 4 is 11.4 Å². The van der Waals surface area contributed by atoms with E-state index in [1.165, 1.54) is 51.4 Å². The summed E-state index contributed by atoms with van der Waals surface area (Å²) in [7, 11) is 2.00. The van der Waals surface area contributed by atoms with Crippen LogP contribution in [0.3, 0.4) is 0 Å². The van der Waals surface area contributed by atoms with Crippen LogP contribution in [-0.2, 0) is 0 Å². The highest BCUT2D eigenvalue weighted by Gasteiger charge is 2.37. The second kappa shape index (κ2) is 16.1. The third kappa shape index (κ3) is 8.38. The Bertz CT molecular complexity index is 631. The Morgan fingerprint density at radius 2 is 1.66 bits per heavy atom. The fourth-order valence-electron chi connectivity index (χ4n) is 5.07. The summed E-state index contributed by atoms with van der Waals surface area (Å²) in [6.07, 6.45) is 11.7. The van der Waals surface area contributed by atoms with Gasteiger partial charge in [0.15, 0.2) is 0 Å². The molecule has 1 saturated carbocycles. The van der Waals surface area contributed by atoms with E-state index in [2.05, 4.69) is 37.5 Å². The highest BCUT2D eigenvalue weighted by molar-refractivity contribution is 5.63. The summed E-state index contributed by atoms with van der Waals surface area (Å²) in [5.41, 5.74) is 0.922. The molecule has 3 atom stereocenters. The molecule has 32 heavy (non-hydrogen) atoms. The molecule has 0 aromatic heterocycles. The van der Waals surface area contributed by atoms with Crippen molar-refractivity contribution in [3.63, 3.8) is 0 Å². The smallest absolute Gasteiger partial charge is 0.292 e. The number of benzene rings is 1. The minimum Gasteiger partial charge on any atom is -0.366 e. The predicted molar refractivity (Wildman–Crippen MR) is 141 cm³/mol. The van der Waals surface area contributed by atoms with Gasteiger partial charge in [0.25, 0.3) is 5.69 Å². The average Bonchev–Trinajstić information content (AvgIpc) is 3.15. The molecule has 5 heteroatoms. The van der Waals surface area contributed by atoms with Gasteiger partial charge in [-0.15, -0.1) is 0 Å². The van der Waals surface area contributed by atoms with Gasteiger partial charge in [0.05, 0.1) is 4.92 Å². The Morgan fingerprint density at radius 1 is 1.09 bits per heavy atom. The predicted octanol–water partition coefficient (Wildman–Crippen LogP) is 8.07. The van der Waals surface area contributed by atoms with Crippen molar-refractivity contribution in [1.82, 2.24) is 4.90 Å². The first kappa shape index (κ1) is 30.4. The third-order valence-corrected chi connectivity index (χ3v) is 6.58. The highest BCUT2D eigenvalue weighted by atomic mass is 16.6. The first-order valence-corrected chi connectivity index (χ1v) is 12.6. The molecule has 3 unspecified atom stereocenters. The maximum absolute atomic E-state index is 11.4. The number of nitro groups is 1. The van der Waals surface area contributed by atoms with Crippen molar-refractivity contribution in [3.8, 4) is 0 Å². The lowest BCUT2D eigenvalue weighted by Crippen LogP contribution is -2.46. The zero-order valence-electron chi connectivity index (χ0n) is 21.1. The lowest BCUT2D eigenvalue weighted by molar-refractivity contribution is -0.384. The Hall–Kier alpha value is -1.62. The Morgan fingerprint density at radius 3 is 2.22 bits per heavy atom. The third-order valence-electron chi connectivity index (χ3n) is 6.58. The fraction of sp³-hybridized carbons (Fsp3) is 0.778. The number of nitrogens with zero attached hydrogens (tertiary/aromatic N) is 3. The monoisotopic (exact) mass is 449 g/mol. The average molecular weight is 450 g/mol. The lowest BCUT2D eigenvalue weighted by atomic mass is 9.92. The van der Waals surface area contributed by atoms with Crippen molar-refractivity contribution in [2.24, 2.45) is 0 Å².